The largest absolute Gasteiger partial charge is 0.497 e. The fourth-order valence-electron chi connectivity index (χ4n) is 4.19. The van der Waals surface area contributed by atoms with Crippen LogP contribution in [0.5, 0.6) is 11.5 Å². The first kappa shape index (κ1) is 21.7. The number of carbonyl (C=O) groups is 3. The van der Waals surface area contributed by atoms with Gasteiger partial charge in [-0.1, -0.05) is 19.3 Å². The van der Waals surface area contributed by atoms with Crippen molar-refractivity contribution < 1.29 is 23.9 Å². The number of anilines is 1. The standard InChI is InChI=1S/C24H27N3O5/c1-31-18-8-10-19(11-9-18)32-14-13-25-24(30)26-16-7-12-20-21(15-16)23(29)27(22(20)28)17-5-3-2-4-6-17/h7-12,15,17H,2-6,13-14H2,1H3,(H2,25,26,30). The molecule has 2 aliphatic rings. The summed E-state index contributed by atoms with van der Waals surface area (Å²) >= 11 is 0. The zero-order valence-corrected chi connectivity index (χ0v) is 18.1. The van der Waals surface area contributed by atoms with Crippen molar-refractivity contribution in [2.75, 3.05) is 25.6 Å². The second-order valence-corrected chi connectivity index (χ2v) is 7.94. The van der Waals surface area contributed by atoms with E-state index in [1.54, 1.807) is 49.6 Å². The Balaban J connectivity index is 1.29. The van der Waals surface area contributed by atoms with Gasteiger partial charge in [0.1, 0.15) is 18.1 Å². The van der Waals surface area contributed by atoms with Crippen LogP contribution in [0, 0.1) is 0 Å². The molecule has 2 N–H and O–H groups in total. The van der Waals surface area contributed by atoms with Gasteiger partial charge in [0, 0.05) is 11.7 Å². The molecule has 168 valence electrons. The lowest BCUT2D eigenvalue weighted by Crippen LogP contribution is -2.40. The number of nitrogens with zero attached hydrogens (tertiary/aromatic N) is 1. The van der Waals surface area contributed by atoms with E-state index in [9.17, 15) is 14.4 Å². The molecule has 8 heteroatoms. The number of fused-ring (bicyclic) bond motifs is 1. The molecule has 1 aliphatic carbocycles. The topological polar surface area (TPSA) is 97.0 Å². The van der Waals surface area contributed by atoms with Gasteiger partial charge in [-0.05, 0) is 55.3 Å². The number of methoxy groups -OCH3 is 1. The molecular weight excluding hydrogens is 410 g/mol. The third-order valence-corrected chi connectivity index (χ3v) is 5.83. The first-order chi connectivity index (χ1) is 15.6. The number of benzene rings is 2. The van der Waals surface area contributed by atoms with E-state index >= 15 is 0 Å². The predicted molar refractivity (Wildman–Crippen MR) is 119 cm³/mol. The van der Waals surface area contributed by atoms with Crippen LogP contribution in [0.25, 0.3) is 0 Å². The summed E-state index contributed by atoms with van der Waals surface area (Å²) in [6, 6.07) is 11.6. The van der Waals surface area contributed by atoms with Crippen LogP contribution in [0.1, 0.15) is 52.8 Å². The summed E-state index contributed by atoms with van der Waals surface area (Å²) in [6.45, 7) is 0.600. The van der Waals surface area contributed by atoms with Gasteiger partial charge in [-0.3, -0.25) is 14.5 Å². The Morgan fingerprint density at radius 1 is 0.969 bits per heavy atom. The second kappa shape index (κ2) is 9.72. The Morgan fingerprint density at radius 2 is 1.66 bits per heavy atom. The third kappa shape index (κ3) is 4.69. The van der Waals surface area contributed by atoms with Gasteiger partial charge in [0.15, 0.2) is 0 Å². The van der Waals surface area contributed by atoms with Crippen LogP contribution < -0.4 is 20.1 Å². The smallest absolute Gasteiger partial charge is 0.319 e. The normalized spacial score (nSPS) is 16.0. The van der Waals surface area contributed by atoms with Crippen molar-refractivity contribution in [3.05, 3.63) is 53.6 Å². The fraction of sp³-hybridized carbons (Fsp3) is 0.375. The van der Waals surface area contributed by atoms with Gasteiger partial charge in [0.05, 0.1) is 24.8 Å². The minimum absolute atomic E-state index is 0.0263. The quantitative estimate of drug-likeness (QED) is 0.507. The molecule has 1 fully saturated rings. The molecule has 4 amide bonds. The van der Waals surface area contributed by atoms with Crippen molar-refractivity contribution in [2.45, 2.75) is 38.1 Å². The number of hydrogen-bond acceptors (Lipinski definition) is 5. The molecule has 1 saturated carbocycles. The van der Waals surface area contributed by atoms with E-state index in [0.717, 1.165) is 37.9 Å². The van der Waals surface area contributed by atoms with Crippen molar-refractivity contribution in [1.82, 2.24) is 10.2 Å². The van der Waals surface area contributed by atoms with Gasteiger partial charge in [-0.15, -0.1) is 0 Å². The molecule has 0 unspecified atom stereocenters. The van der Waals surface area contributed by atoms with Gasteiger partial charge < -0.3 is 20.1 Å². The van der Waals surface area contributed by atoms with E-state index in [0.29, 0.717) is 35.7 Å². The fourth-order valence-corrected chi connectivity index (χ4v) is 4.19. The first-order valence-corrected chi connectivity index (χ1v) is 10.9. The summed E-state index contributed by atoms with van der Waals surface area (Å²) in [6.07, 6.45) is 4.93. The van der Waals surface area contributed by atoms with E-state index in [1.807, 2.05) is 0 Å². The predicted octanol–water partition coefficient (Wildman–Crippen LogP) is 3.82. The Hall–Kier alpha value is -3.55. The lowest BCUT2D eigenvalue weighted by atomic mass is 9.94. The highest BCUT2D eigenvalue weighted by Crippen LogP contribution is 2.32. The van der Waals surface area contributed by atoms with Crippen LogP contribution in [-0.4, -0.2) is 49.0 Å². The molecule has 2 aromatic carbocycles. The van der Waals surface area contributed by atoms with E-state index < -0.39 is 6.03 Å². The van der Waals surface area contributed by atoms with Crippen LogP contribution in [0.3, 0.4) is 0 Å². The number of rotatable bonds is 7. The molecule has 4 rings (SSSR count). The number of ether oxygens (including phenoxy) is 2. The molecule has 2 aromatic rings. The van der Waals surface area contributed by atoms with Gasteiger partial charge in [-0.25, -0.2) is 4.79 Å². The molecule has 1 aliphatic heterocycles. The average molecular weight is 437 g/mol. The molecule has 0 aromatic heterocycles. The first-order valence-electron chi connectivity index (χ1n) is 10.9. The Morgan fingerprint density at radius 3 is 2.38 bits per heavy atom. The molecule has 0 spiro atoms. The van der Waals surface area contributed by atoms with Crippen LogP contribution in [0.4, 0.5) is 10.5 Å². The van der Waals surface area contributed by atoms with Crippen LogP contribution in [-0.2, 0) is 0 Å². The summed E-state index contributed by atoms with van der Waals surface area (Å²) in [5.41, 5.74) is 1.21. The Kier molecular flexibility index (Phi) is 6.58. The van der Waals surface area contributed by atoms with Gasteiger partial charge in [0.2, 0.25) is 0 Å². The third-order valence-electron chi connectivity index (χ3n) is 5.83. The molecule has 1 heterocycles. The van der Waals surface area contributed by atoms with Crippen LogP contribution in [0.15, 0.2) is 42.5 Å². The number of amides is 4. The van der Waals surface area contributed by atoms with Crippen molar-refractivity contribution in [2.24, 2.45) is 0 Å². The van der Waals surface area contributed by atoms with Crippen molar-refractivity contribution in [3.63, 3.8) is 0 Å². The number of imide groups is 1. The highest BCUT2D eigenvalue weighted by Gasteiger charge is 2.40. The SMILES string of the molecule is COc1ccc(OCCNC(=O)Nc2ccc3c(c2)C(=O)N(C2CCCCC2)C3=O)cc1. The minimum Gasteiger partial charge on any atom is -0.497 e. The van der Waals surface area contributed by atoms with Crippen LogP contribution >= 0.6 is 0 Å². The van der Waals surface area contributed by atoms with Crippen molar-refractivity contribution >= 4 is 23.5 Å². The van der Waals surface area contributed by atoms with Gasteiger partial charge in [-0.2, -0.15) is 0 Å². The maximum atomic E-state index is 12.9. The highest BCUT2D eigenvalue weighted by molar-refractivity contribution is 6.22. The van der Waals surface area contributed by atoms with E-state index in [1.165, 1.54) is 4.90 Å². The summed E-state index contributed by atoms with van der Waals surface area (Å²) in [5, 5.41) is 5.42. The zero-order valence-electron chi connectivity index (χ0n) is 18.1. The zero-order chi connectivity index (χ0) is 22.5. The Labute approximate surface area is 186 Å². The maximum Gasteiger partial charge on any atom is 0.319 e. The Bertz CT molecular complexity index is 999. The summed E-state index contributed by atoms with van der Waals surface area (Å²) in [7, 11) is 1.60. The molecule has 0 atom stereocenters. The average Bonchev–Trinajstić information content (AvgIpc) is 3.07. The van der Waals surface area contributed by atoms with Gasteiger partial charge in [0.25, 0.3) is 11.8 Å². The molecule has 32 heavy (non-hydrogen) atoms. The highest BCUT2D eigenvalue weighted by atomic mass is 16.5. The molecule has 0 saturated heterocycles. The lowest BCUT2D eigenvalue weighted by Gasteiger charge is -2.29. The number of carbonyl (C=O) groups excluding carboxylic acids is 3. The molecule has 0 bridgehead atoms. The number of urea groups is 1. The minimum atomic E-state index is -0.413. The van der Waals surface area contributed by atoms with Crippen molar-refractivity contribution in [1.29, 1.82) is 0 Å². The van der Waals surface area contributed by atoms with E-state index in [4.69, 9.17) is 9.47 Å². The summed E-state index contributed by atoms with van der Waals surface area (Å²) < 4.78 is 10.7. The second-order valence-electron chi connectivity index (χ2n) is 7.94. The maximum absolute atomic E-state index is 12.9. The summed E-state index contributed by atoms with van der Waals surface area (Å²) in [5.74, 6) is 0.918. The summed E-state index contributed by atoms with van der Waals surface area (Å²) in [4.78, 5) is 39.2. The molecule has 8 nitrogen and oxygen atoms in total. The number of hydrogen-bond donors (Lipinski definition) is 2. The van der Waals surface area contributed by atoms with Crippen LogP contribution in [0.2, 0.25) is 0 Å². The molecular formula is C24H27N3O5. The monoisotopic (exact) mass is 437 g/mol. The van der Waals surface area contributed by atoms with Crippen molar-refractivity contribution in [3.8, 4) is 11.5 Å². The van der Waals surface area contributed by atoms with E-state index in [-0.39, 0.29) is 17.9 Å². The van der Waals surface area contributed by atoms with E-state index in [2.05, 4.69) is 10.6 Å². The molecule has 0 radical (unpaired) electrons. The number of nitrogens with one attached hydrogen (secondary N) is 2. The lowest BCUT2D eigenvalue weighted by molar-refractivity contribution is 0.0549. The van der Waals surface area contributed by atoms with Gasteiger partial charge >= 0.3 is 6.03 Å².